The number of rotatable bonds is 8. The number of nitrogens with zero attached hydrogens (tertiary/aromatic N) is 3. The van der Waals surface area contributed by atoms with E-state index in [4.69, 9.17) is 0 Å². The highest BCUT2D eigenvalue weighted by atomic mass is 16.2. The van der Waals surface area contributed by atoms with Crippen molar-refractivity contribution in [2.24, 2.45) is 0 Å². The summed E-state index contributed by atoms with van der Waals surface area (Å²) < 4.78 is 0. The summed E-state index contributed by atoms with van der Waals surface area (Å²) in [5.74, 6) is -0.213. The summed E-state index contributed by atoms with van der Waals surface area (Å²) in [6.07, 6.45) is 6.01. The molecule has 214 valence electrons. The fourth-order valence-corrected chi connectivity index (χ4v) is 5.96. The van der Waals surface area contributed by atoms with Gasteiger partial charge in [0.25, 0.3) is 5.91 Å². The van der Waals surface area contributed by atoms with E-state index in [1.807, 2.05) is 49.3 Å². The van der Waals surface area contributed by atoms with Crippen LogP contribution in [0.4, 0.5) is 16.3 Å². The molecule has 1 aromatic heterocycles. The second kappa shape index (κ2) is 12.0. The molecule has 1 fully saturated rings. The number of nitrogens with one attached hydrogen (secondary N) is 4. The third-order valence-corrected chi connectivity index (χ3v) is 7.97. The van der Waals surface area contributed by atoms with Crippen molar-refractivity contribution in [3.05, 3.63) is 89.6 Å². The molecule has 4 N–H and O–H groups in total. The minimum Gasteiger partial charge on any atom is -0.330 e. The van der Waals surface area contributed by atoms with E-state index in [1.54, 1.807) is 24.3 Å². The molecule has 0 bridgehead atoms. The van der Waals surface area contributed by atoms with Crippen molar-refractivity contribution in [3.8, 4) is 0 Å². The first-order valence-electron chi connectivity index (χ1n) is 14.0. The number of fused-ring (bicyclic) bond motifs is 2. The molecule has 0 saturated heterocycles. The average Bonchev–Trinajstić information content (AvgIpc) is 3.52. The largest absolute Gasteiger partial charge is 0.330 e. The van der Waals surface area contributed by atoms with E-state index in [-0.39, 0.29) is 23.9 Å². The second-order valence-electron chi connectivity index (χ2n) is 11.0. The maximum atomic E-state index is 14.0. The molecular formula is C31H37N7O3. The van der Waals surface area contributed by atoms with Gasteiger partial charge in [-0.2, -0.15) is 5.10 Å². The molecule has 5 rings (SSSR count). The van der Waals surface area contributed by atoms with Gasteiger partial charge in [0.05, 0.1) is 23.8 Å². The summed E-state index contributed by atoms with van der Waals surface area (Å²) in [6.45, 7) is 4.46. The first-order valence-corrected chi connectivity index (χ1v) is 14.0. The van der Waals surface area contributed by atoms with Crippen molar-refractivity contribution in [2.45, 2.75) is 50.2 Å². The smallest absolute Gasteiger partial charge is 0.319 e. The Labute approximate surface area is 240 Å². The Morgan fingerprint density at radius 1 is 1.05 bits per heavy atom. The topological polar surface area (TPSA) is 122 Å². The van der Waals surface area contributed by atoms with Gasteiger partial charge in [0.15, 0.2) is 5.82 Å². The highest BCUT2D eigenvalue weighted by molar-refractivity contribution is 6.05. The molecule has 1 saturated carbocycles. The fourth-order valence-electron chi connectivity index (χ4n) is 5.96. The number of amides is 4. The van der Waals surface area contributed by atoms with E-state index in [2.05, 4.69) is 37.6 Å². The number of hydrogen-bond donors (Lipinski definition) is 4. The van der Waals surface area contributed by atoms with E-state index in [9.17, 15) is 14.4 Å². The van der Waals surface area contributed by atoms with Gasteiger partial charge >= 0.3 is 6.03 Å². The van der Waals surface area contributed by atoms with Gasteiger partial charge in [-0.15, -0.1) is 0 Å². The number of aromatic amines is 1. The molecule has 2 aromatic carbocycles. The van der Waals surface area contributed by atoms with Crippen molar-refractivity contribution in [3.63, 3.8) is 0 Å². The molecule has 3 aromatic rings. The summed E-state index contributed by atoms with van der Waals surface area (Å²) in [4.78, 5) is 42.6. The van der Waals surface area contributed by atoms with Crippen LogP contribution in [0.2, 0.25) is 0 Å². The maximum absolute atomic E-state index is 14.0. The minimum atomic E-state index is -0.488. The van der Waals surface area contributed by atoms with Gasteiger partial charge < -0.3 is 25.8 Å². The molecule has 4 amide bonds. The number of carbonyl (C=O) groups is 3. The van der Waals surface area contributed by atoms with Gasteiger partial charge in [-0.25, -0.2) is 4.79 Å². The number of hydrogen-bond acceptors (Lipinski definition) is 5. The Morgan fingerprint density at radius 2 is 1.76 bits per heavy atom. The maximum Gasteiger partial charge on any atom is 0.319 e. The van der Waals surface area contributed by atoms with Crippen LogP contribution >= 0.6 is 0 Å². The summed E-state index contributed by atoms with van der Waals surface area (Å²) in [5.41, 5.74) is 3.31. The van der Waals surface area contributed by atoms with Gasteiger partial charge in [0.1, 0.15) is 0 Å². The van der Waals surface area contributed by atoms with Crippen LogP contribution in [0, 0.1) is 0 Å². The van der Waals surface area contributed by atoms with E-state index in [1.165, 1.54) is 6.08 Å². The Morgan fingerprint density at radius 3 is 2.41 bits per heavy atom. The number of carbonyl (C=O) groups excluding carboxylic acids is 3. The molecule has 0 radical (unpaired) electrons. The van der Waals surface area contributed by atoms with Gasteiger partial charge in [-0.3, -0.25) is 14.7 Å². The monoisotopic (exact) mass is 555 g/mol. The van der Waals surface area contributed by atoms with E-state index < -0.39 is 5.54 Å². The predicted molar refractivity (Wildman–Crippen MR) is 158 cm³/mol. The molecule has 41 heavy (non-hydrogen) atoms. The molecule has 1 aliphatic heterocycles. The SMILES string of the molecule is C=CC(=O)Nc1ccc(C(=O)Nc2n[nH]c3c2CN(C(=O)NC(CN(C)C)c2ccccc2)C32CCCCC2)cc1. The number of urea groups is 1. The van der Waals surface area contributed by atoms with E-state index in [0.717, 1.165) is 48.9 Å². The minimum absolute atomic E-state index is 0.123. The van der Waals surface area contributed by atoms with Gasteiger partial charge in [-0.05, 0) is 62.8 Å². The molecule has 2 heterocycles. The predicted octanol–water partition coefficient (Wildman–Crippen LogP) is 4.77. The molecular weight excluding hydrogens is 518 g/mol. The number of aromatic nitrogens is 2. The number of anilines is 2. The lowest BCUT2D eigenvalue weighted by molar-refractivity contribution is -0.111. The van der Waals surface area contributed by atoms with Crippen LogP contribution < -0.4 is 16.0 Å². The van der Waals surface area contributed by atoms with Crippen molar-refractivity contribution < 1.29 is 14.4 Å². The lowest BCUT2D eigenvalue weighted by Gasteiger charge is -2.42. The lowest BCUT2D eigenvalue weighted by Crippen LogP contribution is -2.52. The van der Waals surface area contributed by atoms with E-state index >= 15 is 0 Å². The Hall–Kier alpha value is -4.44. The standard InChI is InChI=1S/C31H37N7O3/c1-4-26(39)32-23-15-13-22(14-16-23)29(40)34-28-24-19-38(31(27(24)35-36-28)17-9-6-10-18-31)30(41)33-25(20-37(2)3)21-11-7-5-8-12-21/h4-5,7-8,11-16,25H,1,6,9-10,17-20H2,2-3H3,(H,32,39)(H,33,41)(H2,34,35,36,40). The molecule has 1 atom stereocenters. The first-order chi connectivity index (χ1) is 19.8. The van der Waals surface area contributed by atoms with Crippen LogP contribution in [-0.2, 0) is 16.9 Å². The third-order valence-electron chi connectivity index (χ3n) is 7.97. The zero-order valence-electron chi connectivity index (χ0n) is 23.6. The van der Waals surface area contributed by atoms with Gasteiger partial charge in [-0.1, -0.05) is 56.2 Å². The summed E-state index contributed by atoms with van der Waals surface area (Å²) in [5, 5.41) is 16.6. The van der Waals surface area contributed by atoms with Crippen LogP contribution in [0.25, 0.3) is 0 Å². The normalized spacial score (nSPS) is 16.2. The fraction of sp³-hybridized carbons (Fsp3) is 0.355. The van der Waals surface area contributed by atoms with Crippen LogP contribution in [0.1, 0.15) is 65.3 Å². The molecule has 10 heteroatoms. The van der Waals surface area contributed by atoms with Gasteiger partial charge in [0, 0.05) is 23.4 Å². The lowest BCUT2D eigenvalue weighted by atomic mass is 9.79. The highest BCUT2D eigenvalue weighted by Gasteiger charge is 2.51. The summed E-state index contributed by atoms with van der Waals surface area (Å²) in [6, 6.07) is 16.3. The van der Waals surface area contributed by atoms with Gasteiger partial charge in [0.2, 0.25) is 5.91 Å². The molecule has 1 unspecified atom stereocenters. The van der Waals surface area contributed by atoms with Crippen molar-refractivity contribution in [1.29, 1.82) is 0 Å². The Kier molecular flexibility index (Phi) is 8.21. The first kappa shape index (κ1) is 28.1. The zero-order valence-corrected chi connectivity index (χ0v) is 23.6. The number of benzene rings is 2. The highest BCUT2D eigenvalue weighted by Crippen LogP contribution is 2.49. The summed E-state index contributed by atoms with van der Waals surface area (Å²) >= 11 is 0. The Balaban J connectivity index is 1.36. The van der Waals surface area contributed by atoms with E-state index in [0.29, 0.717) is 30.2 Å². The quantitative estimate of drug-likeness (QED) is 0.298. The van der Waals surface area contributed by atoms with Crippen LogP contribution in [0.5, 0.6) is 0 Å². The van der Waals surface area contributed by atoms with Crippen LogP contribution in [0.3, 0.4) is 0 Å². The summed E-state index contributed by atoms with van der Waals surface area (Å²) in [7, 11) is 3.99. The van der Waals surface area contributed by atoms with Crippen molar-refractivity contribution >= 4 is 29.4 Å². The Bertz CT molecular complexity index is 1410. The molecule has 10 nitrogen and oxygen atoms in total. The molecule has 1 aliphatic carbocycles. The van der Waals surface area contributed by atoms with Crippen molar-refractivity contribution in [2.75, 3.05) is 31.3 Å². The van der Waals surface area contributed by atoms with Crippen LogP contribution in [0.15, 0.2) is 67.3 Å². The van der Waals surface area contributed by atoms with Crippen molar-refractivity contribution in [1.82, 2.24) is 25.3 Å². The second-order valence-corrected chi connectivity index (χ2v) is 11.0. The third kappa shape index (κ3) is 5.88. The number of likely N-dealkylation sites (N-methyl/N-ethyl adjacent to an activating group) is 1. The zero-order chi connectivity index (χ0) is 29.0. The molecule has 2 aliphatic rings. The average molecular weight is 556 g/mol. The van der Waals surface area contributed by atoms with Crippen LogP contribution in [-0.4, -0.2) is 58.5 Å². The number of H-pyrrole nitrogens is 1. The molecule has 1 spiro atoms.